The fraction of sp³-hybridized carbons (Fsp3) is 0.500. The number of carbonyl (C=O) groups is 1. The second kappa shape index (κ2) is 6.89. The van der Waals surface area contributed by atoms with Crippen molar-refractivity contribution in [3.63, 3.8) is 0 Å². The lowest BCUT2D eigenvalue weighted by molar-refractivity contribution is -0.120. The molecule has 0 spiro atoms. The summed E-state index contributed by atoms with van der Waals surface area (Å²) < 4.78 is 27.8. The van der Waals surface area contributed by atoms with Crippen LogP contribution >= 0.6 is 11.3 Å². The Hall–Kier alpha value is -1.71. The number of amides is 1. The zero-order chi connectivity index (χ0) is 18.2. The number of anilines is 1. The van der Waals surface area contributed by atoms with Crippen molar-refractivity contribution < 1.29 is 13.2 Å². The molecule has 1 aliphatic heterocycles. The van der Waals surface area contributed by atoms with Gasteiger partial charge >= 0.3 is 4.87 Å². The summed E-state index contributed by atoms with van der Waals surface area (Å²) in [6.45, 7) is 2.31. The minimum atomic E-state index is -3.27. The molecule has 2 aromatic rings. The van der Waals surface area contributed by atoms with Crippen molar-refractivity contribution in [3.05, 3.63) is 27.9 Å². The van der Waals surface area contributed by atoms with Gasteiger partial charge in [-0.15, -0.1) is 0 Å². The number of aryl methyl sites for hydroxylation is 1. The summed E-state index contributed by atoms with van der Waals surface area (Å²) in [5.74, 6) is -0.496. The highest BCUT2D eigenvalue weighted by atomic mass is 32.2. The standard InChI is InChI=1S/C16H21N3O4S2/c1-3-25(22,23)19-8-4-5-11(10-19)15(20)17-12-6-7-13-14(9-12)24-16(21)18(13)2/h6-7,9,11H,3-5,8,10H2,1-2H3,(H,17,20)/t11-/m1/s1. The van der Waals surface area contributed by atoms with Crippen molar-refractivity contribution in [1.29, 1.82) is 0 Å². The van der Waals surface area contributed by atoms with Gasteiger partial charge in [-0.3, -0.25) is 9.59 Å². The highest BCUT2D eigenvalue weighted by molar-refractivity contribution is 7.89. The molecule has 9 heteroatoms. The van der Waals surface area contributed by atoms with Crippen LogP contribution in [0, 0.1) is 5.92 Å². The molecule has 7 nitrogen and oxygen atoms in total. The molecule has 0 aliphatic carbocycles. The lowest BCUT2D eigenvalue weighted by atomic mass is 9.98. The van der Waals surface area contributed by atoms with Crippen LogP contribution in [0.5, 0.6) is 0 Å². The Bertz CT molecular complexity index is 961. The van der Waals surface area contributed by atoms with Crippen molar-refractivity contribution in [2.75, 3.05) is 24.2 Å². The molecule has 1 N–H and O–H groups in total. The fourth-order valence-corrected chi connectivity index (χ4v) is 5.15. The normalized spacial score (nSPS) is 19.2. The number of rotatable bonds is 4. The van der Waals surface area contributed by atoms with Crippen LogP contribution in [0.2, 0.25) is 0 Å². The Balaban J connectivity index is 1.74. The van der Waals surface area contributed by atoms with E-state index in [1.165, 1.54) is 4.31 Å². The van der Waals surface area contributed by atoms with Gasteiger partial charge in [-0.25, -0.2) is 12.7 Å². The van der Waals surface area contributed by atoms with E-state index < -0.39 is 10.0 Å². The van der Waals surface area contributed by atoms with E-state index in [0.717, 1.165) is 21.6 Å². The first-order valence-corrected chi connectivity index (χ1v) is 10.6. The van der Waals surface area contributed by atoms with Crippen molar-refractivity contribution in [3.8, 4) is 0 Å². The summed E-state index contributed by atoms with van der Waals surface area (Å²) in [6, 6.07) is 5.34. The van der Waals surface area contributed by atoms with Crippen LogP contribution in [0.25, 0.3) is 10.2 Å². The summed E-state index contributed by atoms with van der Waals surface area (Å²) in [5, 5.41) is 2.86. The third-order valence-electron chi connectivity index (χ3n) is 4.57. The number of thiazole rings is 1. The highest BCUT2D eigenvalue weighted by Gasteiger charge is 2.31. The Kier molecular flexibility index (Phi) is 4.99. The first-order chi connectivity index (χ1) is 11.8. The van der Waals surface area contributed by atoms with Crippen molar-refractivity contribution in [1.82, 2.24) is 8.87 Å². The highest BCUT2D eigenvalue weighted by Crippen LogP contribution is 2.24. The van der Waals surface area contributed by atoms with Gasteiger partial charge in [-0.05, 0) is 38.0 Å². The maximum atomic E-state index is 12.5. The number of fused-ring (bicyclic) bond motifs is 1. The first kappa shape index (κ1) is 18.1. The quantitative estimate of drug-likeness (QED) is 0.869. The maximum Gasteiger partial charge on any atom is 0.307 e. The predicted octanol–water partition coefficient (Wildman–Crippen LogP) is 1.60. The number of aromatic nitrogens is 1. The largest absolute Gasteiger partial charge is 0.326 e. The van der Waals surface area contributed by atoms with E-state index in [-0.39, 0.29) is 29.0 Å². The molecule has 1 aliphatic rings. The average molecular weight is 383 g/mol. The van der Waals surface area contributed by atoms with Gasteiger partial charge in [0, 0.05) is 25.8 Å². The summed E-state index contributed by atoms with van der Waals surface area (Å²) in [4.78, 5) is 24.2. The van der Waals surface area contributed by atoms with Crippen LogP contribution < -0.4 is 10.2 Å². The number of nitrogens with zero attached hydrogens (tertiary/aromatic N) is 2. The molecule has 0 bridgehead atoms. The number of benzene rings is 1. The molecule has 0 unspecified atom stereocenters. The van der Waals surface area contributed by atoms with Crippen LogP contribution in [0.3, 0.4) is 0 Å². The van der Waals surface area contributed by atoms with E-state index >= 15 is 0 Å². The molecule has 0 saturated carbocycles. The SMILES string of the molecule is CCS(=O)(=O)N1CCC[C@@H](C(=O)Nc2ccc3c(c2)sc(=O)n3C)C1. The molecule has 1 aromatic heterocycles. The van der Waals surface area contributed by atoms with E-state index in [2.05, 4.69) is 5.32 Å². The van der Waals surface area contributed by atoms with Gasteiger partial charge in [0.15, 0.2) is 0 Å². The summed E-state index contributed by atoms with van der Waals surface area (Å²) >= 11 is 1.13. The van der Waals surface area contributed by atoms with Gasteiger partial charge < -0.3 is 9.88 Å². The van der Waals surface area contributed by atoms with E-state index in [0.29, 0.717) is 25.1 Å². The van der Waals surface area contributed by atoms with Crippen LogP contribution in [-0.4, -0.2) is 42.0 Å². The molecule has 1 aromatic carbocycles. The zero-order valence-corrected chi connectivity index (χ0v) is 15.8. The summed E-state index contributed by atoms with van der Waals surface area (Å²) in [5.41, 5.74) is 1.45. The lowest BCUT2D eigenvalue weighted by Crippen LogP contribution is -2.44. The first-order valence-electron chi connectivity index (χ1n) is 8.20. The van der Waals surface area contributed by atoms with E-state index in [9.17, 15) is 18.0 Å². The molecule has 136 valence electrons. The van der Waals surface area contributed by atoms with Crippen molar-refractivity contribution in [2.45, 2.75) is 19.8 Å². The molecule has 25 heavy (non-hydrogen) atoms. The maximum absolute atomic E-state index is 12.5. The Morgan fingerprint density at radius 3 is 2.88 bits per heavy atom. The van der Waals surface area contributed by atoms with Crippen LogP contribution in [0.4, 0.5) is 5.69 Å². The van der Waals surface area contributed by atoms with Crippen LogP contribution in [0.1, 0.15) is 19.8 Å². The second-order valence-corrected chi connectivity index (χ2v) is 9.45. The molecule has 1 amide bonds. The van der Waals surface area contributed by atoms with Crippen LogP contribution in [0.15, 0.2) is 23.0 Å². The van der Waals surface area contributed by atoms with Gasteiger partial charge in [-0.2, -0.15) is 0 Å². The molecule has 1 fully saturated rings. The monoisotopic (exact) mass is 383 g/mol. The third kappa shape index (κ3) is 3.63. The minimum Gasteiger partial charge on any atom is -0.326 e. The molecule has 3 rings (SSSR count). The second-order valence-electron chi connectivity index (χ2n) is 6.20. The third-order valence-corrected chi connectivity index (χ3v) is 7.42. The van der Waals surface area contributed by atoms with Gasteiger partial charge in [0.25, 0.3) is 0 Å². The van der Waals surface area contributed by atoms with E-state index in [1.807, 2.05) is 0 Å². The number of piperidine rings is 1. The van der Waals surface area contributed by atoms with E-state index in [1.54, 1.807) is 36.7 Å². The van der Waals surface area contributed by atoms with Gasteiger partial charge in [0.1, 0.15) is 0 Å². The topological polar surface area (TPSA) is 88.5 Å². The summed E-state index contributed by atoms with van der Waals surface area (Å²) in [6.07, 6.45) is 1.35. The van der Waals surface area contributed by atoms with Crippen molar-refractivity contribution in [2.24, 2.45) is 13.0 Å². The Morgan fingerprint density at radius 2 is 2.16 bits per heavy atom. The Labute approximate surface area is 150 Å². The lowest BCUT2D eigenvalue weighted by Gasteiger charge is -2.30. The molecular weight excluding hydrogens is 362 g/mol. The molecular formula is C16H21N3O4S2. The van der Waals surface area contributed by atoms with Gasteiger partial charge in [-0.1, -0.05) is 11.3 Å². The molecule has 0 radical (unpaired) electrons. The van der Waals surface area contributed by atoms with Crippen LogP contribution in [-0.2, 0) is 21.9 Å². The van der Waals surface area contributed by atoms with Gasteiger partial charge in [0.2, 0.25) is 15.9 Å². The zero-order valence-electron chi connectivity index (χ0n) is 14.2. The molecule has 2 heterocycles. The predicted molar refractivity (Wildman–Crippen MR) is 99.5 cm³/mol. The minimum absolute atomic E-state index is 0.0466. The smallest absolute Gasteiger partial charge is 0.307 e. The number of sulfonamides is 1. The number of hydrogen-bond donors (Lipinski definition) is 1. The summed E-state index contributed by atoms with van der Waals surface area (Å²) in [7, 11) is -1.56. The van der Waals surface area contributed by atoms with Crippen molar-refractivity contribution >= 4 is 43.2 Å². The number of nitrogens with one attached hydrogen (secondary N) is 1. The number of hydrogen-bond acceptors (Lipinski definition) is 5. The van der Waals surface area contributed by atoms with Gasteiger partial charge in [0.05, 0.1) is 21.9 Å². The number of carbonyl (C=O) groups excluding carboxylic acids is 1. The average Bonchev–Trinajstić information content (AvgIpc) is 2.88. The van der Waals surface area contributed by atoms with E-state index in [4.69, 9.17) is 0 Å². The Morgan fingerprint density at radius 1 is 1.40 bits per heavy atom. The molecule has 1 atom stereocenters. The molecule has 1 saturated heterocycles. The fourth-order valence-electron chi connectivity index (χ4n) is 3.05.